The number of benzene rings is 1. The Morgan fingerprint density at radius 1 is 1.28 bits per heavy atom. The van der Waals surface area contributed by atoms with E-state index in [4.69, 9.17) is 11.1 Å². The number of hydrogen-bond acceptors (Lipinski definition) is 4. The van der Waals surface area contributed by atoms with Crippen molar-refractivity contribution in [3.63, 3.8) is 0 Å². The lowest BCUT2D eigenvalue weighted by molar-refractivity contribution is 0.349. The third kappa shape index (κ3) is 3.47. The first-order valence-corrected chi connectivity index (χ1v) is 6.68. The van der Waals surface area contributed by atoms with Crippen LogP contribution >= 0.6 is 0 Å². The molecule has 2 rings (SSSR count). The molecule has 98 valence electrons. The highest BCUT2D eigenvalue weighted by molar-refractivity contribution is 5.86. The third-order valence-electron chi connectivity index (χ3n) is 3.59. The number of rotatable bonds is 5. The molecule has 1 saturated carbocycles. The summed E-state index contributed by atoms with van der Waals surface area (Å²) < 4.78 is 0. The van der Waals surface area contributed by atoms with E-state index in [1.54, 1.807) is 0 Å². The van der Waals surface area contributed by atoms with Crippen molar-refractivity contribution in [2.75, 3.05) is 17.7 Å². The van der Waals surface area contributed by atoms with Crippen molar-refractivity contribution >= 4 is 17.6 Å². The Morgan fingerprint density at radius 2 is 2.06 bits per heavy atom. The van der Waals surface area contributed by atoms with Gasteiger partial charge in [-0.05, 0) is 37.0 Å². The number of hydrazine groups is 1. The molecule has 1 aliphatic rings. The van der Waals surface area contributed by atoms with Crippen molar-refractivity contribution in [2.45, 2.75) is 32.1 Å². The lowest BCUT2D eigenvalue weighted by Crippen LogP contribution is -2.29. The van der Waals surface area contributed by atoms with Crippen LogP contribution in [0.5, 0.6) is 0 Å². The SMILES string of the molecule is N=Cc1cc(NNCC2CCCCC2)ccc1N. The zero-order chi connectivity index (χ0) is 12.8. The Balaban J connectivity index is 1.80. The first-order valence-electron chi connectivity index (χ1n) is 6.68. The molecule has 0 amide bonds. The highest BCUT2D eigenvalue weighted by Gasteiger charge is 2.12. The molecule has 0 radical (unpaired) electrons. The fourth-order valence-corrected chi connectivity index (χ4v) is 2.47. The lowest BCUT2D eigenvalue weighted by atomic mass is 9.89. The second kappa shape index (κ2) is 6.40. The Hall–Kier alpha value is -1.55. The van der Waals surface area contributed by atoms with Gasteiger partial charge in [-0.2, -0.15) is 0 Å². The van der Waals surface area contributed by atoms with Gasteiger partial charge in [-0.3, -0.25) is 0 Å². The van der Waals surface area contributed by atoms with E-state index in [2.05, 4.69) is 10.9 Å². The van der Waals surface area contributed by atoms with Crippen LogP contribution in [0.25, 0.3) is 0 Å². The van der Waals surface area contributed by atoms with E-state index in [0.29, 0.717) is 5.69 Å². The van der Waals surface area contributed by atoms with E-state index in [-0.39, 0.29) is 0 Å². The molecule has 1 aromatic carbocycles. The van der Waals surface area contributed by atoms with Crippen LogP contribution in [0.1, 0.15) is 37.7 Å². The number of nitrogen functional groups attached to an aromatic ring is 1. The Labute approximate surface area is 108 Å². The molecule has 0 unspecified atom stereocenters. The predicted molar refractivity (Wildman–Crippen MR) is 76.9 cm³/mol. The Bertz CT molecular complexity index is 397. The summed E-state index contributed by atoms with van der Waals surface area (Å²) >= 11 is 0. The largest absolute Gasteiger partial charge is 0.398 e. The maximum atomic E-state index is 7.27. The smallest absolute Gasteiger partial charge is 0.0495 e. The van der Waals surface area contributed by atoms with E-state index in [1.807, 2.05) is 18.2 Å². The topological polar surface area (TPSA) is 73.9 Å². The van der Waals surface area contributed by atoms with Gasteiger partial charge >= 0.3 is 0 Å². The van der Waals surface area contributed by atoms with Gasteiger partial charge in [0.15, 0.2) is 0 Å². The molecule has 5 N–H and O–H groups in total. The zero-order valence-corrected chi connectivity index (χ0v) is 10.7. The number of hydrogen-bond donors (Lipinski definition) is 4. The maximum Gasteiger partial charge on any atom is 0.0495 e. The molecular formula is C14H22N4. The molecule has 0 bridgehead atoms. The molecular weight excluding hydrogens is 224 g/mol. The highest BCUT2D eigenvalue weighted by Crippen LogP contribution is 2.22. The predicted octanol–water partition coefficient (Wildman–Crippen LogP) is 2.76. The van der Waals surface area contributed by atoms with E-state index < -0.39 is 0 Å². The molecule has 0 aliphatic heterocycles. The number of nitrogens with one attached hydrogen (secondary N) is 3. The van der Waals surface area contributed by atoms with Crippen molar-refractivity contribution in [3.05, 3.63) is 23.8 Å². The second-order valence-corrected chi connectivity index (χ2v) is 5.00. The van der Waals surface area contributed by atoms with Gasteiger partial charge in [0, 0.05) is 29.7 Å². The van der Waals surface area contributed by atoms with Crippen LogP contribution in [0.3, 0.4) is 0 Å². The molecule has 1 fully saturated rings. The van der Waals surface area contributed by atoms with Crippen LogP contribution in [0.15, 0.2) is 18.2 Å². The van der Waals surface area contributed by atoms with Crippen LogP contribution in [-0.2, 0) is 0 Å². The van der Waals surface area contributed by atoms with Gasteiger partial charge < -0.3 is 16.6 Å². The fourth-order valence-electron chi connectivity index (χ4n) is 2.47. The molecule has 4 nitrogen and oxygen atoms in total. The zero-order valence-electron chi connectivity index (χ0n) is 10.7. The van der Waals surface area contributed by atoms with E-state index in [1.165, 1.54) is 38.3 Å². The lowest BCUT2D eigenvalue weighted by Gasteiger charge is -2.22. The maximum absolute atomic E-state index is 7.27. The molecule has 1 aromatic rings. The minimum absolute atomic E-state index is 0.642. The van der Waals surface area contributed by atoms with Crippen LogP contribution in [-0.4, -0.2) is 12.8 Å². The van der Waals surface area contributed by atoms with Crippen LogP contribution < -0.4 is 16.6 Å². The Kier molecular flexibility index (Phi) is 4.59. The number of nitrogens with two attached hydrogens (primary N) is 1. The van der Waals surface area contributed by atoms with Gasteiger partial charge in [-0.1, -0.05) is 19.3 Å². The van der Waals surface area contributed by atoms with Crippen LogP contribution in [0, 0.1) is 11.3 Å². The van der Waals surface area contributed by atoms with Crippen molar-refractivity contribution in [2.24, 2.45) is 5.92 Å². The molecule has 0 saturated heterocycles. The summed E-state index contributed by atoms with van der Waals surface area (Å²) in [6, 6.07) is 5.64. The van der Waals surface area contributed by atoms with Crippen LogP contribution in [0.4, 0.5) is 11.4 Å². The van der Waals surface area contributed by atoms with Gasteiger partial charge in [-0.25, -0.2) is 5.43 Å². The fraction of sp³-hybridized carbons (Fsp3) is 0.500. The van der Waals surface area contributed by atoms with Crippen molar-refractivity contribution in [3.8, 4) is 0 Å². The first kappa shape index (κ1) is 12.9. The summed E-state index contributed by atoms with van der Waals surface area (Å²) in [6.07, 6.45) is 8.08. The van der Waals surface area contributed by atoms with E-state index in [0.717, 1.165) is 23.7 Å². The molecule has 0 aromatic heterocycles. The van der Waals surface area contributed by atoms with Crippen molar-refractivity contribution < 1.29 is 0 Å². The molecule has 0 atom stereocenters. The average molecular weight is 246 g/mol. The van der Waals surface area contributed by atoms with Crippen molar-refractivity contribution in [1.29, 1.82) is 5.41 Å². The van der Waals surface area contributed by atoms with Gasteiger partial charge in [-0.15, -0.1) is 0 Å². The standard InChI is InChI=1S/C14H22N4/c15-9-12-8-13(6-7-14(12)16)18-17-10-11-4-2-1-3-5-11/h6-9,11,15,17-18H,1-5,10,16H2. The monoisotopic (exact) mass is 246 g/mol. The highest BCUT2D eigenvalue weighted by atomic mass is 15.3. The summed E-state index contributed by atoms with van der Waals surface area (Å²) in [6.45, 7) is 1.00. The Morgan fingerprint density at radius 3 is 2.78 bits per heavy atom. The summed E-state index contributed by atoms with van der Waals surface area (Å²) in [5.41, 5.74) is 14.6. The van der Waals surface area contributed by atoms with Crippen molar-refractivity contribution in [1.82, 2.24) is 5.43 Å². The van der Waals surface area contributed by atoms with Gasteiger partial charge in [0.25, 0.3) is 0 Å². The number of anilines is 2. The molecule has 0 heterocycles. The summed E-state index contributed by atoms with van der Waals surface area (Å²) in [4.78, 5) is 0. The molecule has 1 aliphatic carbocycles. The van der Waals surface area contributed by atoms with Gasteiger partial charge in [0.2, 0.25) is 0 Å². The molecule has 0 spiro atoms. The third-order valence-corrected chi connectivity index (χ3v) is 3.59. The summed E-state index contributed by atoms with van der Waals surface area (Å²) in [7, 11) is 0. The first-order chi connectivity index (χ1) is 8.79. The average Bonchev–Trinajstić information content (AvgIpc) is 2.42. The molecule has 18 heavy (non-hydrogen) atoms. The van der Waals surface area contributed by atoms with E-state index >= 15 is 0 Å². The van der Waals surface area contributed by atoms with E-state index in [9.17, 15) is 0 Å². The quantitative estimate of drug-likeness (QED) is 0.367. The minimum atomic E-state index is 0.642. The normalized spacial score (nSPS) is 16.4. The van der Waals surface area contributed by atoms with Gasteiger partial charge in [0.1, 0.15) is 0 Å². The minimum Gasteiger partial charge on any atom is -0.398 e. The summed E-state index contributed by atoms with van der Waals surface area (Å²) in [5.74, 6) is 0.794. The van der Waals surface area contributed by atoms with Crippen LogP contribution in [0.2, 0.25) is 0 Å². The molecule has 4 heteroatoms. The summed E-state index contributed by atoms with van der Waals surface area (Å²) in [5, 5.41) is 7.27. The van der Waals surface area contributed by atoms with Gasteiger partial charge in [0.05, 0.1) is 0 Å². The second-order valence-electron chi connectivity index (χ2n) is 5.00.